The maximum absolute atomic E-state index is 13.0. The van der Waals surface area contributed by atoms with Crippen LogP contribution in [0, 0.1) is 5.82 Å². The van der Waals surface area contributed by atoms with E-state index in [1.807, 2.05) is 24.3 Å². The molecule has 0 bridgehead atoms. The van der Waals surface area contributed by atoms with Crippen molar-refractivity contribution in [1.29, 1.82) is 0 Å². The van der Waals surface area contributed by atoms with Crippen LogP contribution in [0.15, 0.2) is 54.7 Å². The number of aromatic nitrogens is 1. The van der Waals surface area contributed by atoms with Crippen LogP contribution >= 0.6 is 0 Å². The number of anilines is 1. The molecule has 1 aliphatic rings. The highest BCUT2D eigenvalue weighted by atomic mass is 19.1. The van der Waals surface area contributed by atoms with Gasteiger partial charge in [-0.2, -0.15) is 0 Å². The fraction of sp³-hybridized carbons (Fsp3) is 0.348. The van der Waals surface area contributed by atoms with E-state index in [0.29, 0.717) is 11.3 Å². The highest BCUT2D eigenvalue weighted by Gasteiger charge is 2.12. The zero-order valence-corrected chi connectivity index (χ0v) is 17.3. The van der Waals surface area contributed by atoms with E-state index in [0.717, 1.165) is 50.3 Å². The first-order valence-electron chi connectivity index (χ1n) is 10.5. The summed E-state index contributed by atoms with van der Waals surface area (Å²) in [7, 11) is 0. The second-order valence-electron chi connectivity index (χ2n) is 7.64. The van der Waals surface area contributed by atoms with Gasteiger partial charge in [-0.1, -0.05) is 12.1 Å². The topological polar surface area (TPSA) is 78.8 Å². The molecule has 0 aliphatic carbocycles. The molecular formula is C23H27FN4O3. The summed E-state index contributed by atoms with van der Waals surface area (Å²) in [4.78, 5) is 14.6. The van der Waals surface area contributed by atoms with Gasteiger partial charge in [0.2, 0.25) is 0 Å². The summed E-state index contributed by atoms with van der Waals surface area (Å²) in [6, 6.07) is 13.0. The molecule has 1 aromatic heterocycles. The van der Waals surface area contributed by atoms with Crippen LogP contribution < -0.4 is 10.6 Å². The number of morpholine rings is 1. The molecular weight excluding hydrogens is 399 g/mol. The number of nitrogens with zero attached hydrogens (tertiary/aromatic N) is 2. The Balaban J connectivity index is 1.30. The van der Waals surface area contributed by atoms with Crippen molar-refractivity contribution in [3.63, 3.8) is 0 Å². The summed E-state index contributed by atoms with van der Waals surface area (Å²) >= 11 is 0. The van der Waals surface area contributed by atoms with Crippen LogP contribution in [0.2, 0.25) is 0 Å². The Morgan fingerprint density at radius 2 is 1.87 bits per heavy atom. The van der Waals surface area contributed by atoms with Gasteiger partial charge in [0, 0.05) is 55.5 Å². The molecule has 1 unspecified atom stereocenters. The number of carbonyl (C=O) groups is 1. The smallest absolute Gasteiger partial charge is 0.319 e. The molecule has 3 aromatic rings. The third-order valence-corrected chi connectivity index (χ3v) is 5.50. The van der Waals surface area contributed by atoms with Crippen LogP contribution in [-0.4, -0.2) is 60.0 Å². The van der Waals surface area contributed by atoms with Crippen LogP contribution in [0.1, 0.15) is 11.7 Å². The van der Waals surface area contributed by atoms with Gasteiger partial charge in [0.15, 0.2) is 0 Å². The molecule has 1 fully saturated rings. The number of aliphatic hydroxyl groups excluding tert-OH is 1. The van der Waals surface area contributed by atoms with Crippen molar-refractivity contribution in [1.82, 2.24) is 14.8 Å². The Bertz CT molecular complexity index is 1020. The third-order valence-electron chi connectivity index (χ3n) is 5.50. The van der Waals surface area contributed by atoms with E-state index in [1.54, 1.807) is 0 Å². The molecule has 4 rings (SSSR count). The first-order valence-corrected chi connectivity index (χ1v) is 10.5. The number of rotatable bonds is 7. The molecule has 3 N–H and O–H groups in total. The number of hydrogen-bond acceptors (Lipinski definition) is 4. The summed E-state index contributed by atoms with van der Waals surface area (Å²) in [5, 5.41) is 16.6. The molecule has 0 radical (unpaired) electrons. The maximum atomic E-state index is 13.0. The quantitative estimate of drug-likeness (QED) is 0.543. The van der Waals surface area contributed by atoms with Gasteiger partial charge >= 0.3 is 6.03 Å². The number of nitrogens with one attached hydrogen (secondary N) is 2. The number of halogens is 1. The summed E-state index contributed by atoms with van der Waals surface area (Å²) in [6.45, 7) is 5.44. The number of aliphatic hydroxyl groups is 1. The van der Waals surface area contributed by atoms with Crippen LogP contribution in [-0.2, 0) is 11.3 Å². The highest BCUT2D eigenvalue weighted by molar-refractivity contribution is 5.93. The largest absolute Gasteiger partial charge is 0.387 e. The van der Waals surface area contributed by atoms with Gasteiger partial charge in [-0.15, -0.1) is 0 Å². The minimum absolute atomic E-state index is 0.0254. The lowest BCUT2D eigenvalue weighted by Gasteiger charge is -2.26. The first-order chi connectivity index (χ1) is 15.1. The van der Waals surface area contributed by atoms with Crippen LogP contribution in [0.5, 0.6) is 0 Å². The number of benzene rings is 2. The van der Waals surface area contributed by atoms with Crippen LogP contribution in [0.3, 0.4) is 0 Å². The number of hydrogen-bond donors (Lipinski definition) is 3. The second kappa shape index (κ2) is 9.91. The number of carbonyl (C=O) groups excluding carboxylic acids is 1. The predicted octanol–water partition coefficient (Wildman–Crippen LogP) is 2.97. The average molecular weight is 426 g/mol. The highest BCUT2D eigenvalue weighted by Crippen LogP contribution is 2.21. The van der Waals surface area contributed by atoms with Gasteiger partial charge in [-0.25, -0.2) is 9.18 Å². The van der Waals surface area contributed by atoms with Gasteiger partial charge in [0.25, 0.3) is 0 Å². The maximum Gasteiger partial charge on any atom is 0.319 e. The Labute approximate surface area is 180 Å². The summed E-state index contributed by atoms with van der Waals surface area (Å²) < 4.78 is 20.6. The zero-order chi connectivity index (χ0) is 21.6. The van der Waals surface area contributed by atoms with E-state index in [-0.39, 0.29) is 12.4 Å². The number of amides is 2. The summed E-state index contributed by atoms with van der Waals surface area (Å²) in [5.74, 6) is -0.369. The molecule has 2 heterocycles. The molecule has 7 nitrogen and oxygen atoms in total. The minimum Gasteiger partial charge on any atom is -0.387 e. The van der Waals surface area contributed by atoms with Crippen molar-refractivity contribution in [2.75, 3.05) is 44.7 Å². The van der Waals surface area contributed by atoms with Crippen molar-refractivity contribution in [3.8, 4) is 0 Å². The van der Waals surface area contributed by atoms with Crippen molar-refractivity contribution in [3.05, 3.63) is 66.1 Å². The van der Waals surface area contributed by atoms with Gasteiger partial charge in [0.1, 0.15) is 5.82 Å². The van der Waals surface area contributed by atoms with Gasteiger partial charge in [0.05, 0.1) is 19.3 Å². The SMILES string of the molecule is O=C(NCC(O)c1ccc(F)cc1)Nc1ccc2c(ccn2CCN2CCOCC2)c1. The van der Waals surface area contributed by atoms with E-state index in [2.05, 4.69) is 26.3 Å². The lowest BCUT2D eigenvalue weighted by Crippen LogP contribution is -2.38. The third kappa shape index (κ3) is 5.61. The molecule has 2 aromatic carbocycles. The van der Waals surface area contributed by atoms with E-state index in [4.69, 9.17) is 4.74 Å². The summed E-state index contributed by atoms with van der Waals surface area (Å²) in [6.07, 6.45) is 1.16. The van der Waals surface area contributed by atoms with Gasteiger partial charge in [-0.05, 0) is 42.0 Å². The molecule has 0 spiro atoms. The Kier molecular flexibility index (Phi) is 6.81. The summed E-state index contributed by atoms with van der Waals surface area (Å²) in [5.41, 5.74) is 2.33. The molecule has 8 heteroatoms. The predicted molar refractivity (Wildman–Crippen MR) is 118 cm³/mol. The monoisotopic (exact) mass is 426 g/mol. The van der Waals surface area contributed by atoms with Crippen LogP contribution in [0.25, 0.3) is 10.9 Å². The van der Waals surface area contributed by atoms with E-state index >= 15 is 0 Å². The first kappa shape index (κ1) is 21.3. The molecule has 164 valence electrons. The number of fused-ring (bicyclic) bond motifs is 1. The van der Waals surface area contributed by atoms with Crippen molar-refractivity contribution >= 4 is 22.6 Å². The van der Waals surface area contributed by atoms with E-state index in [1.165, 1.54) is 24.3 Å². The van der Waals surface area contributed by atoms with Crippen molar-refractivity contribution < 1.29 is 19.0 Å². The molecule has 0 saturated carbocycles. The van der Waals surface area contributed by atoms with Gasteiger partial charge in [-0.3, -0.25) is 4.90 Å². The standard InChI is InChI=1S/C23H27FN4O3/c24-19-3-1-17(2-4-19)22(29)16-25-23(30)26-20-5-6-21-18(15-20)7-8-28(21)10-9-27-11-13-31-14-12-27/h1-8,15,22,29H,9-14,16H2,(H2,25,26,30). The molecule has 1 aliphatic heterocycles. The molecule has 2 amide bonds. The van der Waals surface area contributed by atoms with E-state index < -0.39 is 12.1 Å². The van der Waals surface area contributed by atoms with Crippen LogP contribution in [0.4, 0.5) is 14.9 Å². The minimum atomic E-state index is -0.908. The van der Waals surface area contributed by atoms with Gasteiger partial charge < -0.3 is 25.0 Å². The molecule has 31 heavy (non-hydrogen) atoms. The van der Waals surface area contributed by atoms with Crippen molar-refractivity contribution in [2.45, 2.75) is 12.6 Å². The average Bonchev–Trinajstić information content (AvgIpc) is 3.19. The molecule has 1 saturated heterocycles. The zero-order valence-electron chi connectivity index (χ0n) is 17.3. The van der Waals surface area contributed by atoms with Crippen molar-refractivity contribution in [2.24, 2.45) is 0 Å². The number of urea groups is 1. The Morgan fingerprint density at radius 1 is 1.10 bits per heavy atom. The fourth-order valence-electron chi connectivity index (χ4n) is 3.71. The second-order valence-corrected chi connectivity index (χ2v) is 7.64. The molecule has 1 atom stereocenters. The Hall–Kier alpha value is -2.94. The Morgan fingerprint density at radius 3 is 2.65 bits per heavy atom. The normalized spacial score (nSPS) is 15.7. The fourth-order valence-corrected chi connectivity index (χ4v) is 3.71. The number of ether oxygens (including phenoxy) is 1. The lowest BCUT2D eigenvalue weighted by molar-refractivity contribution is 0.0365. The lowest BCUT2D eigenvalue weighted by atomic mass is 10.1. The van der Waals surface area contributed by atoms with E-state index in [9.17, 15) is 14.3 Å².